The number of urea groups is 1. The molecular weight excluding hydrogens is 258 g/mol. The van der Waals surface area contributed by atoms with Crippen LogP contribution in [0.3, 0.4) is 0 Å². The Bertz CT molecular complexity index is 609. The van der Waals surface area contributed by atoms with E-state index in [9.17, 15) is 4.79 Å². The van der Waals surface area contributed by atoms with Crippen molar-refractivity contribution in [2.75, 3.05) is 19.0 Å². The molecule has 0 saturated carbocycles. The van der Waals surface area contributed by atoms with E-state index in [1.165, 1.54) is 4.90 Å². The molecule has 0 aliphatic heterocycles. The molecule has 1 unspecified atom stereocenters. The molecule has 0 fully saturated rings. The van der Waals surface area contributed by atoms with Crippen molar-refractivity contribution in [2.45, 2.75) is 26.3 Å². The molecule has 2 aromatic rings. The molecule has 1 aromatic heterocycles. The maximum Gasteiger partial charge on any atom is 0.321 e. The van der Waals surface area contributed by atoms with Crippen molar-refractivity contribution in [2.24, 2.45) is 0 Å². The van der Waals surface area contributed by atoms with Crippen LogP contribution in [-0.4, -0.2) is 40.7 Å². The first-order valence-corrected chi connectivity index (χ1v) is 6.59. The van der Waals surface area contributed by atoms with Gasteiger partial charge in [-0.1, -0.05) is 6.92 Å². The Morgan fingerprint density at radius 3 is 2.95 bits per heavy atom. The summed E-state index contributed by atoms with van der Waals surface area (Å²) in [5.41, 5.74) is 2.07. The number of nitrogens with one attached hydrogen (secondary N) is 1. The van der Waals surface area contributed by atoms with Crippen LogP contribution in [0.1, 0.15) is 19.7 Å². The number of anilines is 1. The van der Waals surface area contributed by atoms with Gasteiger partial charge in [-0.25, -0.2) is 9.78 Å². The van der Waals surface area contributed by atoms with Crippen LogP contribution in [-0.2, 0) is 6.42 Å². The smallest absolute Gasteiger partial charge is 0.321 e. The van der Waals surface area contributed by atoms with E-state index in [1.54, 1.807) is 32.2 Å². The summed E-state index contributed by atoms with van der Waals surface area (Å²) in [5, 5.41) is 11.8. The van der Waals surface area contributed by atoms with Crippen molar-refractivity contribution >= 4 is 22.8 Å². The predicted molar refractivity (Wildman–Crippen MR) is 76.7 cm³/mol. The number of aliphatic hydroxyl groups excluding tert-OH is 1. The van der Waals surface area contributed by atoms with E-state index in [2.05, 4.69) is 10.3 Å². The lowest BCUT2D eigenvalue weighted by Gasteiger charge is -2.23. The predicted octanol–water partition coefficient (Wildman–Crippen LogP) is 2.23. The van der Waals surface area contributed by atoms with Crippen LogP contribution < -0.4 is 5.32 Å². The molecule has 2 amide bonds. The number of aliphatic hydroxyl groups is 1. The molecule has 0 spiro atoms. The van der Waals surface area contributed by atoms with Crippen molar-refractivity contribution in [1.29, 1.82) is 0 Å². The minimum atomic E-state index is -0.273. The summed E-state index contributed by atoms with van der Waals surface area (Å²) < 4.78 is 5.51. The molecule has 0 bridgehead atoms. The summed E-state index contributed by atoms with van der Waals surface area (Å²) in [5.74, 6) is 0.675. The monoisotopic (exact) mass is 277 g/mol. The number of benzene rings is 1. The third-order valence-electron chi connectivity index (χ3n) is 3.23. The summed E-state index contributed by atoms with van der Waals surface area (Å²) in [6.07, 6.45) is 0.729. The van der Waals surface area contributed by atoms with Gasteiger partial charge in [0.25, 0.3) is 0 Å². The Morgan fingerprint density at radius 2 is 2.30 bits per heavy atom. The fraction of sp³-hybridized carbons (Fsp3) is 0.429. The van der Waals surface area contributed by atoms with Gasteiger partial charge in [0, 0.05) is 19.2 Å². The van der Waals surface area contributed by atoms with Gasteiger partial charge in [-0.3, -0.25) is 0 Å². The van der Waals surface area contributed by atoms with Crippen LogP contribution in [0.2, 0.25) is 0 Å². The first kappa shape index (κ1) is 14.3. The molecule has 108 valence electrons. The lowest BCUT2D eigenvalue weighted by molar-refractivity contribution is 0.166. The Morgan fingerprint density at radius 1 is 1.55 bits per heavy atom. The number of amides is 2. The number of hydrogen-bond donors (Lipinski definition) is 2. The SMILES string of the molecule is CCc1nc2cc(NC(=O)N(C)C(C)CO)ccc2o1. The van der Waals surface area contributed by atoms with Gasteiger partial charge in [0.15, 0.2) is 11.5 Å². The van der Waals surface area contributed by atoms with Crippen molar-refractivity contribution in [3.8, 4) is 0 Å². The number of fused-ring (bicyclic) bond motifs is 1. The van der Waals surface area contributed by atoms with Gasteiger partial charge in [-0.2, -0.15) is 0 Å². The maximum atomic E-state index is 12.0. The lowest BCUT2D eigenvalue weighted by atomic mass is 10.3. The first-order chi connectivity index (χ1) is 9.55. The van der Waals surface area contributed by atoms with Crippen molar-refractivity contribution in [3.63, 3.8) is 0 Å². The molecule has 2 N–H and O–H groups in total. The van der Waals surface area contributed by atoms with E-state index in [4.69, 9.17) is 9.52 Å². The molecule has 6 nitrogen and oxygen atoms in total. The number of likely N-dealkylation sites (N-methyl/N-ethyl adjacent to an activating group) is 1. The average Bonchev–Trinajstić information content (AvgIpc) is 2.87. The van der Waals surface area contributed by atoms with Crippen LogP contribution >= 0.6 is 0 Å². The molecule has 20 heavy (non-hydrogen) atoms. The van der Waals surface area contributed by atoms with Gasteiger partial charge >= 0.3 is 6.03 Å². The molecule has 0 radical (unpaired) electrons. The number of rotatable bonds is 4. The quantitative estimate of drug-likeness (QED) is 0.898. The second-order valence-electron chi connectivity index (χ2n) is 4.72. The number of carbonyl (C=O) groups excluding carboxylic acids is 1. The molecule has 0 saturated heterocycles. The highest BCUT2D eigenvalue weighted by Crippen LogP contribution is 2.20. The van der Waals surface area contributed by atoms with Gasteiger partial charge in [0.1, 0.15) is 5.52 Å². The topological polar surface area (TPSA) is 78.6 Å². The van der Waals surface area contributed by atoms with Gasteiger partial charge < -0.3 is 19.7 Å². The number of aromatic nitrogens is 1. The molecule has 1 atom stereocenters. The van der Waals surface area contributed by atoms with E-state index < -0.39 is 0 Å². The Labute approximate surface area is 117 Å². The minimum absolute atomic E-state index is 0.0773. The van der Waals surface area contributed by atoms with E-state index in [0.29, 0.717) is 17.2 Å². The average molecular weight is 277 g/mol. The summed E-state index contributed by atoms with van der Waals surface area (Å²) >= 11 is 0. The second kappa shape index (κ2) is 5.92. The Kier molecular flexibility index (Phi) is 4.24. The largest absolute Gasteiger partial charge is 0.441 e. The number of carbonyl (C=O) groups is 1. The zero-order valence-corrected chi connectivity index (χ0v) is 11.9. The molecule has 1 aromatic carbocycles. The van der Waals surface area contributed by atoms with E-state index >= 15 is 0 Å². The van der Waals surface area contributed by atoms with Crippen molar-refractivity contribution < 1.29 is 14.3 Å². The van der Waals surface area contributed by atoms with Crippen molar-refractivity contribution in [1.82, 2.24) is 9.88 Å². The lowest BCUT2D eigenvalue weighted by Crippen LogP contribution is -2.40. The number of nitrogens with zero attached hydrogens (tertiary/aromatic N) is 2. The Hall–Kier alpha value is -2.08. The van der Waals surface area contributed by atoms with Gasteiger partial charge in [-0.15, -0.1) is 0 Å². The van der Waals surface area contributed by atoms with Crippen LogP contribution in [0.25, 0.3) is 11.1 Å². The highest BCUT2D eigenvalue weighted by molar-refractivity contribution is 5.91. The summed E-state index contributed by atoms with van der Waals surface area (Å²) in [6, 6.07) is 4.81. The number of aryl methyl sites for hydroxylation is 1. The fourth-order valence-corrected chi connectivity index (χ4v) is 1.74. The number of oxazole rings is 1. The second-order valence-corrected chi connectivity index (χ2v) is 4.72. The standard InChI is InChI=1S/C14H19N3O3/c1-4-13-16-11-7-10(5-6-12(11)20-13)15-14(19)17(3)9(2)8-18/h5-7,9,18H,4,8H2,1-3H3,(H,15,19). The van der Waals surface area contributed by atoms with E-state index in [0.717, 1.165) is 11.9 Å². The summed E-state index contributed by atoms with van der Waals surface area (Å²) in [6.45, 7) is 3.67. The zero-order valence-electron chi connectivity index (χ0n) is 11.9. The molecular formula is C14H19N3O3. The molecule has 2 rings (SSSR count). The fourth-order valence-electron chi connectivity index (χ4n) is 1.74. The first-order valence-electron chi connectivity index (χ1n) is 6.59. The van der Waals surface area contributed by atoms with E-state index in [1.807, 2.05) is 6.92 Å². The van der Waals surface area contributed by atoms with Crippen LogP contribution in [0.5, 0.6) is 0 Å². The van der Waals surface area contributed by atoms with Crippen LogP contribution in [0.4, 0.5) is 10.5 Å². The third-order valence-corrected chi connectivity index (χ3v) is 3.23. The summed E-state index contributed by atoms with van der Waals surface area (Å²) in [7, 11) is 1.64. The van der Waals surface area contributed by atoms with Crippen LogP contribution in [0, 0.1) is 0 Å². The molecule has 1 heterocycles. The van der Waals surface area contributed by atoms with Gasteiger partial charge in [-0.05, 0) is 25.1 Å². The third kappa shape index (κ3) is 2.91. The van der Waals surface area contributed by atoms with Crippen molar-refractivity contribution in [3.05, 3.63) is 24.1 Å². The van der Waals surface area contributed by atoms with Gasteiger partial charge in [0.2, 0.25) is 0 Å². The van der Waals surface area contributed by atoms with Gasteiger partial charge in [0.05, 0.1) is 12.6 Å². The summed E-state index contributed by atoms with van der Waals surface area (Å²) in [4.78, 5) is 17.7. The Balaban J connectivity index is 2.15. The minimum Gasteiger partial charge on any atom is -0.441 e. The van der Waals surface area contributed by atoms with E-state index in [-0.39, 0.29) is 18.7 Å². The van der Waals surface area contributed by atoms with Crippen LogP contribution in [0.15, 0.2) is 22.6 Å². The normalized spacial score (nSPS) is 12.4. The zero-order chi connectivity index (χ0) is 14.7. The molecule has 6 heteroatoms. The molecule has 0 aliphatic rings. The highest BCUT2D eigenvalue weighted by atomic mass is 16.3. The molecule has 0 aliphatic carbocycles. The maximum absolute atomic E-state index is 12.0. The number of hydrogen-bond acceptors (Lipinski definition) is 4. The highest BCUT2D eigenvalue weighted by Gasteiger charge is 2.15.